The molecular formula is C22H28N6O2S. The van der Waals surface area contributed by atoms with Crippen LogP contribution in [0.3, 0.4) is 0 Å². The maximum atomic E-state index is 12.6. The molecule has 0 atom stereocenters. The molecule has 4 aliphatic rings. The number of aryl methyl sites for hydroxylation is 2. The number of hydrogen-bond donors (Lipinski definition) is 2. The van der Waals surface area contributed by atoms with Gasteiger partial charge in [0, 0.05) is 5.54 Å². The second-order valence-electron chi connectivity index (χ2n) is 9.60. The van der Waals surface area contributed by atoms with Gasteiger partial charge >= 0.3 is 6.03 Å². The van der Waals surface area contributed by atoms with E-state index in [0.717, 1.165) is 53.8 Å². The van der Waals surface area contributed by atoms with Crippen molar-refractivity contribution in [1.82, 2.24) is 30.8 Å². The molecular weight excluding hydrogens is 412 g/mol. The zero-order valence-corrected chi connectivity index (χ0v) is 18.7. The molecule has 3 amide bonds. The summed E-state index contributed by atoms with van der Waals surface area (Å²) in [5.74, 6) is 1.94. The summed E-state index contributed by atoms with van der Waals surface area (Å²) in [6.45, 7) is 4.00. The molecule has 0 unspecified atom stereocenters. The minimum Gasteiger partial charge on any atom is -0.332 e. The fourth-order valence-corrected chi connectivity index (χ4v) is 7.05. The van der Waals surface area contributed by atoms with Gasteiger partial charge in [-0.15, -0.1) is 5.10 Å². The second kappa shape index (κ2) is 7.93. The van der Waals surface area contributed by atoms with Crippen molar-refractivity contribution in [2.75, 3.05) is 5.75 Å². The molecule has 8 nitrogen and oxygen atoms in total. The van der Waals surface area contributed by atoms with Gasteiger partial charge in [0.25, 0.3) is 0 Å². The van der Waals surface area contributed by atoms with Crippen LogP contribution in [0, 0.1) is 31.6 Å². The first-order valence-corrected chi connectivity index (χ1v) is 12.0. The SMILES string of the molecule is Cc1cccc(C)c1-n1nnnc1SCC(=O)NC(=O)NC12CC3CC(CC(C3)C1)C2. The fourth-order valence-electron chi connectivity index (χ4n) is 6.38. The highest BCUT2D eigenvalue weighted by atomic mass is 32.2. The van der Waals surface area contributed by atoms with Gasteiger partial charge in [-0.25, -0.2) is 4.79 Å². The monoisotopic (exact) mass is 440 g/mol. The molecule has 0 aliphatic heterocycles. The average Bonchev–Trinajstić information content (AvgIpc) is 3.12. The molecule has 1 aromatic carbocycles. The number of imide groups is 1. The number of aromatic nitrogens is 4. The molecule has 4 fully saturated rings. The van der Waals surface area contributed by atoms with E-state index in [1.54, 1.807) is 4.68 Å². The van der Waals surface area contributed by atoms with Crippen LogP contribution in [0.15, 0.2) is 23.4 Å². The number of urea groups is 1. The van der Waals surface area contributed by atoms with Crippen molar-refractivity contribution in [2.24, 2.45) is 17.8 Å². The van der Waals surface area contributed by atoms with E-state index in [2.05, 4.69) is 26.2 Å². The normalized spacial score (nSPS) is 28.5. The number of hydrogen-bond acceptors (Lipinski definition) is 6. The van der Waals surface area contributed by atoms with E-state index in [0.29, 0.717) is 5.16 Å². The van der Waals surface area contributed by atoms with Crippen molar-refractivity contribution < 1.29 is 9.59 Å². The number of rotatable bonds is 5. The molecule has 1 heterocycles. The highest BCUT2D eigenvalue weighted by Gasteiger charge is 2.51. The Kier molecular flexibility index (Phi) is 5.24. The summed E-state index contributed by atoms with van der Waals surface area (Å²) in [7, 11) is 0. The lowest BCUT2D eigenvalue weighted by atomic mass is 9.53. The summed E-state index contributed by atoms with van der Waals surface area (Å²) >= 11 is 1.22. The van der Waals surface area contributed by atoms with Gasteiger partial charge in [0.05, 0.1) is 11.4 Å². The number of nitrogens with one attached hydrogen (secondary N) is 2. The fraction of sp³-hybridized carbons (Fsp3) is 0.591. The van der Waals surface area contributed by atoms with Crippen LogP contribution >= 0.6 is 11.8 Å². The number of carbonyl (C=O) groups excluding carboxylic acids is 2. The molecule has 4 bridgehead atoms. The Morgan fingerprint density at radius 3 is 2.32 bits per heavy atom. The summed E-state index contributed by atoms with van der Waals surface area (Å²) in [5.41, 5.74) is 2.90. The second-order valence-corrected chi connectivity index (χ2v) is 10.5. The van der Waals surface area contributed by atoms with E-state index in [4.69, 9.17) is 0 Å². The minimum absolute atomic E-state index is 0.0690. The Balaban J connectivity index is 1.18. The molecule has 4 saturated carbocycles. The van der Waals surface area contributed by atoms with E-state index >= 15 is 0 Å². The molecule has 2 aromatic rings. The lowest BCUT2D eigenvalue weighted by Crippen LogP contribution is -2.61. The third kappa shape index (κ3) is 4.07. The molecule has 4 aliphatic carbocycles. The molecule has 2 N–H and O–H groups in total. The Bertz CT molecular complexity index is 964. The minimum atomic E-state index is -0.373. The maximum Gasteiger partial charge on any atom is 0.321 e. The molecule has 6 rings (SSSR count). The molecule has 31 heavy (non-hydrogen) atoms. The van der Waals surface area contributed by atoms with Crippen LogP contribution in [0.4, 0.5) is 4.79 Å². The average molecular weight is 441 g/mol. The standard InChI is InChI=1S/C22H28N6O2S/c1-13-4-3-5-14(2)19(13)28-21(25-26-27-28)31-12-18(29)23-20(30)24-22-9-15-6-16(10-22)8-17(7-15)11-22/h3-5,15-17H,6-12H2,1-2H3,(H2,23,24,29,30). The third-order valence-electron chi connectivity index (χ3n) is 7.09. The number of benzene rings is 1. The van der Waals surface area contributed by atoms with Crippen molar-refractivity contribution in [3.05, 3.63) is 29.3 Å². The number of amides is 3. The third-order valence-corrected chi connectivity index (χ3v) is 8.01. The first-order valence-electron chi connectivity index (χ1n) is 11.0. The van der Waals surface area contributed by atoms with E-state index in [9.17, 15) is 9.59 Å². The van der Waals surface area contributed by atoms with Crippen molar-refractivity contribution in [1.29, 1.82) is 0 Å². The summed E-state index contributed by atoms with van der Waals surface area (Å²) in [6.07, 6.45) is 7.10. The lowest BCUT2D eigenvalue weighted by molar-refractivity contribution is -0.117. The van der Waals surface area contributed by atoms with Crippen LogP contribution < -0.4 is 10.6 Å². The summed E-state index contributed by atoms with van der Waals surface area (Å²) in [6, 6.07) is 5.61. The van der Waals surface area contributed by atoms with Crippen LogP contribution in [0.1, 0.15) is 49.7 Å². The first kappa shape index (κ1) is 20.5. The largest absolute Gasteiger partial charge is 0.332 e. The Morgan fingerprint density at radius 2 is 1.71 bits per heavy atom. The van der Waals surface area contributed by atoms with Crippen molar-refractivity contribution >= 4 is 23.7 Å². The van der Waals surface area contributed by atoms with Crippen LogP contribution in [-0.2, 0) is 4.79 Å². The molecule has 1 aromatic heterocycles. The van der Waals surface area contributed by atoms with Gasteiger partial charge in [0.15, 0.2) is 0 Å². The van der Waals surface area contributed by atoms with E-state index in [1.807, 2.05) is 32.0 Å². The predicted molar refractivity (Wildman–Crippen MR) is 117 cm³/mol. The van der Waals surface area contributed by atoms with E-state index in [-0.39, 0.29) is 23.2 Å². The zero-order chi connectivity index (χ0) is 21.6. The number of nitrogens with zero attached hydrogens (tertiary/aromatic N) is 4. The number of carbonyl (C=O) groups is 2. The summed E-state index contributed by atoms with van der Waals surface area (Å²) < 4.78 is 1.65. The highest BCUT2D eigenvalue weighted by Crippen LogP contribution is 2.55. The van der Waals surface area contributed by atoms with Gasteiger partial charge in [-0.3, -0.25) is 10.1 Å². The molecule has 0 saturated heterocycles. The van der Waals surface area contributed by atoms with Crippen LogP contribution in [0.25, 0.3) is 5.69 Å². The number of tetrazole rings is 1. The van der Waals surface area contributed by atoms with E-state index < -0.39 is 0 Å². The van der Waals surface area contributed by atoms with Gasteiger partial charge in [-0.1, -0.05) is 30.0 Å². The van der Waals surface area contributed by atoms with Gasteiger partial charge < -0.3 is 5.32 Å². The van der Waals surface area contributed by atoms with Gasteiger partial charge in [0.2, 0.25) is 11.1 Å². The Labute approximate surface area is 185 Å². The van der Waals surface area contributed by atoms with Crippen molar-refractivity contribution in [2.45, 2.75) is 63.1 Å². The van der Waals surface area contributed by atoms with Crippen LogP contribution in [0.5, 0.6) is 0 Å². The van der Waals surface area contributed by atoms with Crippen molar-refractivity contribution in [3.63, 3.8) is 0 Å². The van der Waals surface area contributed by atoms with Gasteiger partial charge in [-0.05, 0) is 91.7 Å². The van der Waals surface area contributed by atoms with Crippen LogP contribution in [-0.4, -0.2) is 43.4 Å². The van der Waals surface area contributed by atoms with Crippen LogP contribution in [0.2, 0.25) is 0 Å². The van der Waals surface area contributed by atoms with Crippen molar-refractivity contribution in [3.8, 4) is 5.69 Å². The smallest absolute Gasteiger partial charge is 0.321 e. The molecule has 0 radical (unpaired) electrons. The van der Waals surface area contributed by atoms with Gasteiger partial charge in [0.1, 0.15) is 0 Å². The zero-order valence-electron chi connectivity index (χ0n) is 17.9. The molecule has 9 heteroatoms. The van der Waals surface area contributed by atoms with Gasteiger partial charge in [-0.2, -0.15) is 4.68 Å². The molecule has 0 spiro atoms. The lowest BCUT2D eigenvalue weighted by Gasteiger charge is -2.56. The predicted octanol–water partition coefficient (Wildman–Crippen LogP) is 3.17. The molecule has 164 valence electrons. The summed E-state index contributed by atoms with van der Waals surface area (Å²) in [5, 5.41) is 18.1. The Morgan fingerprint density at radius 1 is 1.10 bits per heavy atom. The quantitative estimate of drug-likeness (QED) is 0.693. The number of thioether (sulfide) groups is 1. The van der Waals surface area contributed by atoms with E-state index in [1.165, 1.54) is 31.0 Å². The highest BCUT2D eigenvalue weighted by molar-refractivity contribution is 7.99. The Hall–Kier alpha value is -2.42. The first-order chi connectivity index (χ1) is 14.9. The number of para-hydroxylation sites is 1. The maximum absolute atomic E-state index is 12.6. The summed E-state index contributed by atoms with van der Waals surface area (Å²) in [4.78, 5) is 25.0. The topological polar surface area (TPSA) is 102 Å².